The standard InChI is InChI=1S/C14H12NO2/c16-14(17)15-13(11-7-3-1-4-8-11)12-9-5-2-6-10-12/h1-10,15H,(H,16,17). The lowest BCUT2D eigenvalue weighted by molar-refractivity contribution is 0.196. The van der Waals surface area contributed by atoms with Gasteiger partial charge in [-0.1, -0.05) is 60.7 Å². The van der Waals surface area contributed by atoms with Gasteiger partial charge in [-0.25, -0.2) is 4.79 Å². The molecule has 1 amide bonds. The molecule has 0 aliphatic rings. The molecule has 0 bridgehead atoms. The summed E-state index contributed by atoms with van der Waals surface area (Å²) in [5, 5.41) is 11.3. The Morgan fingerprint density at radius 3 is 1.59 bits per heavy atom. The Bertz CT molecular complexity index is 443. The molecule has 0 atom stereocenters. The van der Waals surface area contributed by atoms with Gasteiger partial charge in [0.1, 0.15) is 6.04 Å². The second kappa shape index (κ2) is 5.16. The van der Waals surface area contributed by atoms with Crippen molar-refractivity contribution in [3.05, 3.63) is 77.8 Å². The molecular weight excluding hydrogens is 214 g/mol. The molecule has 2 aromatic rings. The molecule has 2 N–H and O–H groups in total. The SMILES string of the molecule is O=C(O)N[C](c1ccccc1)c1ccccc1. The molecule has 2 rings (SSSR count). The van der Waals surface area contributed by atoms with Crippen molar-refractivity contribution in [1.29, 1.82) is 0 Å². The first-order valence-electron chi connectivity index (χ1n) is 5.25. The van der Waals surface area contributed by atoms with Crippen molar-refractivity contribution in [2.45, 2.75) is 0 Å². The largest absolute Gasteiger partial charge is 0.465 e. The van der Waals surface area contributed by atoms with Gasteiger partial charge >= 0.3 is 6.09 Å². The summed E-state index contributed by atoms with van der Waals surface area (Å²) in [6, 6.07) is 19.4. The van der Waals surface area contributed by atoms with Crippen molar-refractivity contribution in [2.75, 3.05) is 0 Å². The molecule has 0 aliphatic carbocycles. The van der Waals surface area contributed by atoms with Crippen molar-refractivity contribution in [3.8, 4) is 0 Å². The minimum atomic E-state index is -1.06. The second-order valence-corrected chi connectivity index (χ2v) is 3.54. The molecule has 0 heterocycles. The normalized spacial score (nSPS) is 10.2. The zero-order chi connectivity index (χ0) is 12.1. The number of benzene rings is 2. The lowest BCUT2D eigenvalue weighted by Gasteiger charge is -2.16. The maximum absolute atomic E-state index is 10.8. The molecule has 3 nitrogen and oxygen atoms in total. The first-order valence-corrected chi connectivity index (χ1v) is 5.25. The van der Waals surface area contributed by atoms with Crippen LogP contribution >= 0.6 is 0 Å². The number of carboxylic acid groups (broad SMARTS) is 1. The molecule has 0 spiro atoms. The second-order valence-electron chi connectivity index (χ2n) is 3.54. The van der Waals surface area contributed by atoms with Crippen LogP contribution in [0, 0.1) is 6.04 Å². The predicted molar refractivity (Wildman–Crippen MR) is 65.5 cm³/mol. The van der Waals surface area contributed by atoms with E-state index in [4.69, 9.17) is 5.11 Å². The Hall–Kier alpha value is -2.29. The van der Waals surface area contributed by atoms with E-state index in [0.29, 0.717) is 6.04 Å². The molecule has 17 heavy (non-hydrogen) atoms. The number of amides is 1. The number of hydrogen-bond acceptors (Lipinski definition) is 1. The van der Waals surface area contributed by atoms with Gasteiger partial charge in [0.2, 0.25) is 0 Å². The highest BCUT2D eigenvalue weighted by Gasteiger charge is 2.16. The third kappa shape index (κ3) is 2.84. The zero-order valence-electron chi connectivity index (χ0n) is 9.13. The van der Waals surface area contributed by atoms with E-state index in [9.17, 15) is 4.79 Å². The average Bonchev–Trinajstić information content (AvgIpc) is 2.38. The minimum absolute atomic E-state index is 0.596. The average molecular weight is 226 g/mol. The van der Waals surface area contributed by atoms with Crippen molar-refractivity contribution in [1.82, 2.24) is 5.32 Å². The summed E-state index contributed by atoms with van der Waals surface area (Å²) in [6.45, 7) is 0. The molecule has 0 saturated heterocycles. The molecule has 3 heteroatoms. The first-order chi connectivity index (χ1) is 8.27. The van der Waals surface area contributed by atoms with Crippen LogP contribution in [0.5, 0.6) is 0 Å². The van der Waals surface area contributed by atoms with Crippen LogP contribution < -0.4 is 5.32 Å². The van der Waals surface area contributed by atoms with E-state index < -0.39 is 6.09 Å². The van der Waals surface area contributed by atoms with Gasteiger partial charge in [0.05, 0.1) is 0 Å². The number of hydrogen-bond donors (Lipinski definition) is 2. The van der Waals surface area contributed by atoms with Gasteiger partial charge in [0.25, 0.3) is 0 Å². The molecule has 0 aromatic heterocycles. The van der Waals surface area contributed by atoms with Gasteiger partial charge in [-0.3, -0.25) is 0 Å². The maximum atomic E-state index is 10.8. The zero-order valence-corrected chi connectivity index (χ0v) is 9.13. The first kappa shape index (κ1) is 11.2. The fraction of sp³-hybridized carbons (Fsp3) is 0. The molecule has 85 valence electrons. The van der Waals surface area contributed by atoms with E-state index in [1.165, 1.54) is 0 Å². The van der Waals surface area contributed by atoms with Gasteiger partial charge < -0.3 is 10.4 Å². The van der Waals surface area contributed by atoms with E-state index in [0.717, 1.165) is 11.1 Å². The quantitative estimate of drug-likeness (QED) is 0.845. The van der Waals surface area contributed by atoms with Gasteiger partial charge in [0, 0.05) is 0 Å². The molecule has 2 aromatic carbocycles. The van der Waals surface area contributed by atoms with E-state index in [1.54, 1.807) is 0 Å². The minimum Gasteiger partial charge on any atom is -0.465 e. The van der Waals surface area contributed by atoms with E-state index in [2.05, 4.69) is 5.32 Å². The molecule has 1 radical (unpaired) electrons. The van der Waals surface area contributed by atoms with Gasteiger partial charge in [-0.15, -0.1) is 0 Å². The number of rotatable bonds is 3. The smallest absolute Gasteiger partial charge is 0.405 e. The van der Waals surface area contributed by atoms with Crippen LogP contribution in [0.3, 0.4) is 0 Å². The van der Waals surface area contributed by atoms with E-state index >= 15 is 0 Å². The van der Waals surface area contributed by atoms with Crippen LogP contribution in [0.1, 0.15) is 11.1 Å². The summed E-state index contributed by atoms with van der Waals surface area (Å²) >= 11 is 0. The molecule has 0 unspecified atom stereocenters. The topological polar surface area (TPSA) is 49.3 Å². The summed E-state index contributed by atoms with van der Waals surface area (Å²) < 4.78 is 0. The highest BCUT2D eigenvalue weighted by molar-refractivity contribution is 5.69. The van der Waals surface area contributed by atoms with E-state index in [-0.39, 0.29) is 0 Å². The maximum Gasteiger partial charge on any atom is 0.405 e. The predicted octanol–water partition coefficient (Wildman–Crippen LogP) is 2.88. The summed E-state index contributed by atoms with van der Waals surface area (Å²) in [5.74, 6) is 0. The van der Waals surface area contributed by atoms with Crippen molar-refractivity contribution in [2.24, 2.45) is 0 Å². The summed E-state index contributed by atoms with van der Waals surface area (Å²) in [5.41, 5.74) is 1.70. The van der Waals surface area contributed by atoms with Crippen LogP contribution in [0.15, 0.2) is 60.7 Å². The van der Waals surface area contributed by atoms with Gasteiger partial charge in [-0.2, -0.15) is 0 Å². The highest BCUT2D eigenvalue weighted by Crippen LogP contribution is 2.20. The Morgan fingerprint density at radius 1 is 0.824 bits per heavy atom. The van der Waals surface area contributed by atoms with Gasteiger partial charge in [-0.05, 0) is 11.1 Å². The Morgan fingerprint density at radius 2 is 1.24 bits per heavy atom. The number of carbonyl (C=O) groups is 1. The van der Waals surface area contributed by atoms with Crippen LogP contribution in [0.2, 0.25) is 0 Å². The van der Waals surface area contributed by atoms with Crippen molar-refractivity contribution >= 4 is 6.09 Å². The summed E-state index contributed by atoms with van der Waals surface area (Å²) in [6.07, 6.45) is -1.06. The molecule has 0 aliphatic heterocycles. The number of nitrogens with one attached hydrogen (secondary N) is 1. The molecular formula is C14H12NO2. The highest BCUT2D eigenvalue weighted by atomic mass is 16.4. The fourth-order valence-corrected chi connectivity index (χ4v) is 1.63. The monoisotopic (exact) mass is 226 g/mol. The Balaban J connectivity index is 2.36. The van der Waals surface area contributed by atoms with Crippen LogP contribution in [0.25, 0.3) is 0 Å². The summed E-state index contributed by atoms with van der Waals surface area (Å²) in [4.78, 5) is 10.8. The van der Waals surface area contributed by atoms with Crippen molar-refractivity contribution in [3.63, 3.8) is 0 Å². The van der Waals surface area contributed by atoms with E-state index in [1.807, 2.05) is 60.7 Å². The van der Waals surface area contributed by atoms with Crippen molar-refractivity contribution < 1.29 is 9.90 Å². The Labute approximate surface area is 99.7 Å². The van der Waals surface area contributed by atoms with Gasteiger partial charge in [0.15, 0.2) is 0 Å². The third-order valence-corrected chi connectivity index (χ3v) is 2.36. The van der Waals surface area contributed by atoms with Crippen LogP contribution in [0.4, 0.5) is 4.79 Å². The lowest BCUT2D eigenvalue weighted by atomic mass is 9.99. The molecule has 0 saturated carbocycles. The third-order valence-electron chi connectivity index (χ3n) is 2.36. The lowest BCUT2D eigenvalue weighted by Crippen LogP contribution is -2.28. The summed E-state index contributed by atoms with van der Waals surface area (Å²) in [7, 11) is 0. The van der Waals surface area contributed by atoms with Crippen LogP contribution in [-0.4, -0.2) is 11.2 Å². The molecule has 0 fully saturated rings. The fourth-order valence-electron chi connectivity index (χ4n) is 1.63. The Kier molecular flexibility index (Phi) is 3.40. The van der Waals surface area contributed by atoms with Crippen LogP contribution in [-0.2, 0) is 0 Å².